The highest BCUT2D eigenvalue weighted by Crippen LogP contribution is 2.31. The number of hydrogen-bond acceptors (Lipinski definition) is 7. The molecule has 3 atom stereocenters. The second-order valence-corrected chi connectivity index (χ2v) is 13.1. The summed E-state index contributed by atoms with van der Waals surface area (Å²) in [6.45, 7) is 20.8. The Kier molecular flexibility index (Phi) is 25.1. The van der Waals surface area contributed by atoms with Gasteiger partial charge >= 0.3 is 0 Å². The average molecular weight is 720 g/mol. The van der Waals surface area contributed by atoms with Gasteiger partial charge in [-0.05, 0) is 101 Å². The largest absolute Gasteiger partial charge is 0.474 e. The van der Waals surface area contributed by atoms with E-state index in [0.717, 1.165) is 40.2 Å². The molecular weight excluding hydrogens is 653 g/mol. The van der Waals surface area contributed by atoms with E-state index in [1.807, 2.05) is 89.2 Å². The van der Waals surface area contributed by atoms with E-state index in [0.29, 0.717) is 19.6 Å². The molecule has 1 heterocycles. The third kappa shape index (κ3) is 18.3. The number of dihydropyridines is 1. The first kappa shape index (κ1) is 47.7. The number of likely N-dealkylation sites (N-methyl/N-ethyl adjacent to an activating group) is 1. The van der Waals surface area contributed by atoms with E-state index < -0.39 is 12.1 Å². The molecule has 52 heavy (non-hydrogen) atoms. The molecule has 3 N–H and O–H groups in total. The lowest BCUT2D eigenvalue weighted by atomic mass is 9.91. The number of aldehydes is 1. The van der Waals surface area contributed by atoms with Crippen molar-refractivity contribution in [3.8, 4) is 0 Å². The molecule has 0 saturated heterocycles. The molecule has 3 unspecified atom stereocenters. The molecule has 288 valence electrons. The van der Waals surface area contributed by atoms with Crippen molar-refractivity contribution in [1.29, 1.82) is 0 Å². The fourth-order valence-electron chi connectivity index (χ4n) is 5.44. The Bertz CT molecular complexity index is 1420. The number of aliphatic hydroxyl groups excluding tert-OH is 1. The van der Waals surface area contributed by atoms with E-state index in [9.17, 15) is 5.11 Å². The minimum absolute atomic E-state index is 0.0545. The first-order chi connectivity index (χ1) is 24.9. The Morgan fingerprint density at radius 3 is 2.04 bits per heavy atom. The van der Waals surface area contributed by atoms with E-state index in [4.69, 9.17) is 14.3 Å². The van der Waals surface area contributed by atoms with Gasteiger partial charge in [0.05, 0.1) is 12.6 Å². The summed E-state index contributed by atoms with van der Waals surface area (Å²) in [5.41, 5.74) is 6.53. The van der Waals surface area contributed by atoms with Gasteiger partial charge in [-0.2, -0.15) is 0 Å². The summed E-state index contributed by atoms with van der Waals surface area (Å²) in [5.74, 6) is 0.211. The van der Waals surface area contributed by atoms with E-state index in [1.54, 1.807) is 0 Å². The number of aliphatic hydroxyl groups is 1. The number of carbonyl (C=O) groups is 2. The molecule has 0 bridgehead atoms. The highest BCUT2D eigenvalue weighted by molar-refractivity contribution is 5.59. The van der Waals surface area contributed by atoms with Crippen LogP contribution in [0, 0.1) is 6.92 Å². The average Bonchev–Trinajstić information content (AvgIpc) is 3.14. The number of carbonyl (C=O) groups excluding carboxylic acids is 2. The Morgan fingerprint density at radius 2 is 1.56 bits per heavy atom. The number of hydrogen-bond donors (Lipinski definition) is 3. The third-order valence-corrected chi connectivity index (χ3v) is 7.93. The zero-order chi connectivity index (χ0) is 39.5. The lowest BCUT2D eigenvalue weighted by Gasteiger charge is -2.32. The fraction of sp³-hybridized carbons (Fsp3) is 0.455. The number of nitrogens with one attached hydrogen (secondary N) is 2. The Hall–Kier alpha value is -4.27. The summed E-state index contributed by atoms with van der Waals surface area (Å²) in [4.78, 5) is 19.0. The van der Waals surface area contributed by atoms with Gasteiger partial charge in [0.25, 0.3) is 0 Å². The normalized spacial score (nSPS) is 14.2. The molecule has 1 aliphatic rings. The first-order valence-corrected chi connectivity index (χ1v) is 18.4. The molecule has 0 saturated carbocycles. The number of ether oxygens (including phenoxy) is 1. The number of allylic oxidation sites excluding steroid dienone is 2. The topological polar surface area (TPSA) is 90.9 Å². The van der Waals surface area contributed by atoms with Crippen LogP contribution in [0.2, 0.25) is 0 Å². The van der Waals surface area contributed by atoms with Crippen LogP contribution >= 0.6 is 0 Å². The van der Waals surface area contributed by atoms with Gasteiger partial charge in [-0.25, -0.2) is 4.39 Å². The van der Waals surface area contributed by atoms with Crippen molar-refractivity contribution in [3.63, 3.8) is 0 Å². The summed E-state index contributed by atoms with van der Waals surface area (Å²) in [6.07, 6.45) is 6.48. The van der Waals surface area contributed by atoms with Gasteiger partial charge in [0, 0.05) is 29.9 Å². The number of halogens is 1. The number of alkyl halides is 1. The van der Waals surface area contributed by atoms with Gasteiger partial charge in [0.2, 0.25) is 0 Å². The van der Waals surface area contributed by atoms with Gasteiger partial charge in [0.15, 0.2) is 5.88 Å². The lowest BCUT2D eigenvalue weighted by Crippen LogP contribution is -2.38. The second kappa shape index (κ2) is 27.4. The van der Waals surface area contributed by atoms with Crippen molar-refractivity contribution >= 4 is 18.8 Å². The summed E-state index contributed by atoms with van der Waals surface area (Å²) >= 11 is 0. The molecule has 0 spiro atoms. The molecule has 0 radical (unpaired) electrons. The highest BCUT2D eigenvalue weighted by Gasteiger charge is 2.25. The summed E-state index contributed by atoms with van der Waals surface area (Å²) in [5, 5.41) is 16.7. The zero-order valence-corrected chi connectivity index (χ0v) is 33.4. The minimum atomic E-state index is -1.11. The van der Waals surface area contributed by atoms with Crippen molar-refractivity contribution in [2.24, 2.45) is 0 Å². The van der Waals surface area contributed by atoms with Gasteiger partial charge < -0.3 is 35.0 Å². The summed E-state index contributed by atoms with van der Waals surface area (Å²) < 4.78 is 21.0. The van der Waals surface area contributed by atoms with Crippen LogP contribution < -0.4 is 15.5 Å². The molecule has 0 fully saturated rings. The molecule has 4 rings (SSSR count). The second-order valence-electron chi connectivity index (χ2n) is 13.1. The number of benzene rings is 3. The van der Waals surface area contributed by atoms with Gasteiger partial charge in [-0.3, -0.25) is 0 Å². The van der Waals surface area contributed by atoms with E-state index >= 15 is 4.39 Å². The standard InChI is InChI=1S/C30H42FN3O2.C9H12.C2H4O.C2H6.CH2O/c1-21-18-24(25(19-35)26(31)16-17-32-30(3,4)5)12-13-27(21)34(6)28-14-15-29(33-22(28)2)36-20-23-10-8-7-9-11-23;1-2-6-9-7-4-3-5-8-9;1-2-3;2*1-2/h7-15,18,22,25-26,32-33,35H,16-17,19-20H2,1-6H3;3-5,7-8H,2,6H2,1H3;2H,1H3;1-2H3;1H2. The van der Waals surface area contributed by atoms with Crippen LogP contribution in [0.3, 0.4) is 0 Å². The molecular formula is C44H66FN3O4. The smallest absolute Gasteiger partial charge is 0.187 e. The molecule has 1 aliphatic heterocycles. The molecule has 7 nitrogen and oxygen atoms in total. The Morgan fingerprint density at radius 1 is 1.00 bits per heavy atom. The van der Waals surface area contributed by atoms with Crippen LogP contribution in [0.4, 0.5) is 10.1 Å². The molecule has 3 aromatic rings. The van der Waals surface area contributed by atoms with Crippen LogP contribution in [0.1, 0.15) is 96.4 Å². The summed E-state index contributed by atoms with van der Waals surface area (Å²) in [6, 6.07) is 26.7. The predicted octanol–water partition coefficient (Wildman–Crippen LogP) is 9.24. The first-order valence-electron chi connectivity index (χ1n) is 18.4. The maximum Gasteiger partial charge on any atom is 0.187 e. The quantitative estimate of drug-likeness (QED) is 0.152. The highest BCUT2D eigenvalue weighted by atomic mass is 19.1. The van der Waals surface area contributed by atoms with Crippen LogP contribution in [0.25, 0.3) is 0 Å². The fourth-order valence-corrected chi connectivity index (χ4v) is 5.44. The predicted molar refractivity (Wildman–Crippen MR) is 217 cm³/mol. The summed E-state index contributed by atoms with van der Waals surface area (Å²) in [7, 11) is 2.04. The van der Waals surface area contributed by atoms with Gasteiger partial charge in [-0.1, -0.05) is 100.0 Å². The lowest BCUT2D eigenvalue weighted by molar-refractivity contribution is -0.106. The molecule has 3 aromatic carbocycles. The van der Waals surface area contributed by atoms with Crippen molar-refractivity contribution in [2.75, 3.05) is 25.1 Å². The molecule has 0 amide bonds. The van der Waals surface area contributed by atoms with Crippen LogP contribution in [-0.2, 0) is 27.4 Å². The van der Waals surface area contributed by atoms with Crippen molar-refractivity contribution < 1.29 is 23.8 Å². The maximum atomic E-state index is 15.0. The molecule has 8 heteroatoms. The monoisotopic (exact) mass is 720 g/mol. The van der Waals surface area contributed by atoms with E-state index in [2.05, 4.69) is 86.6 Å². The Labute approximate surface area is 314 Å². The van der Waals surface area contributed by atoms with Crippen molar-refractivity contribution in [1.82, 2.24) is 10.6 Å². The number of aryl methyl sites for hydroxylation is 2. The van der Waals surface area contributed by atoms with Crippen LogP contribution in [0.15, 0.2) is 103 Å². The van der Waals surface area contributed by atoms with Gasteiger partial charge in [0.1, 0.15) is 25.9 Å². The number of rotatable bonds is 13. The zero-order valence-electron chi connectivity index (χ0n) is 33.4. The van der Waals surface area contributed by atoms with Crippen LogP contribution in [0.5, 0.6) is 0 Å². The molecule has 0 aliphatic carbocycles. The Balaban J connectivity index is 0.00000136. The maximum absolute atomic E-state index is 15.0. The third-order valence-electron chi connectivity index (χ3n) is 7.93. The molecule has 0 aromatic heterocycles. The number of anilines is 1. The SMILES string of the molecule is C=O.CC.CC=O.CCCc1ccccc1.Cc1cc(C(CO)C(F)CCNC(C)(C)C)ccc1N(C)C1=CC=C(OCc2ccccc2)NC1C. The van der Waals surface area contributed by atoms with E-state index in [-0.39, 0.29) is 18.2 Å². The minimum Gasteiger partial charge on any atom is -0.474 e. The van der Waals surface area contributed by atoms with E-state index in [1.165, 1.54) is 25.3 Å². The number of nitrogens with zero attached hydrogens (tertiary/aromatic N) is 1. The van der Waals surface area contributed by atoms with Gasteiger partial charge in [-0.15, -0.1) is 0 Å². The van der Waals surface area contributed by atoms with Crippen LogP contribution in [-0.4, -0.2) is 56.1 Å². The van der Waals surface area contributed by atoms with Crippen molar-refractivity contribution in [3.05, 3.63) is 125 Å². The van der Waals surface area contributed by atoms with Crippen molar-refractivity contribution in [2.45, 2.75) is 112 Å².